The summed E-state index contributed by atoms with van der Waals surface area (Å²) in [6, 6.07) is 10.2. The number of hydrogen-bond acceptors (Lipinski definition) is 2. The topological polar surface area (TPSA) is 35.2 Å². The molecule has 104 valence electrons. The van der Waals surface area contributed by atoms with Gasteiger partial charge in [0.25, 0.3) is 0 Å². The van der Waals surface area contributed by atoms with E-state index in [-0.39, 0.29) is 18.0 Å². The van der Waals surface area contributed by atoms with E-state index in [0.29, 0.717) is 21.7 Å². The first-order chi connectivity index (χ1) is 9.54. The summed E-state index contributed by atoms with van der Waals surface area (Å²) in [7, 11) is 0. The summed E-state index contributed by atoms with van der Waals surface area (Å²) < 4.78 is 20.0. The van der Waals surface area contributed by atoms with Crippen LogP contribution in [0.3, 0.4) is 0 Å². The first-order valence-corrected chi connectivity index (χ1v) is 7.38. The number of nitrogens with two attached hydrogens (primary N) is 1. The maximum absolute atomic E-state index is 13.6. The van der Waals surface area contributed by atoms with Gasteiger partial charge in [-0.25, -0.2) is 4.39 Å². The Hall–Kier alpha value is -1.10. The van der Waals surface area contributed by atoms with E-state index in [4.69, 9.17) is 22.1 Å². The van der Waals surface area contributed by atoms with Gasteiger partial charge in [-0.15, -0.1) is 0 Å². The molecule has 0 fully saturated rings. The van der Waals surface area contributed by atoms with Crippen LogP contribution in [0.25, 0.3) is 0 Å². The summed E-state index contributed by atoms with van der Waals surface area (Å²) in [5.41, 5.74) is 7.84. The van der Waals surface area contributed by atoms with Crippen molar-refractivity contribution in [1.82, 2.24) is 0 Å². The second-order valence-corrected chi connectivity index (χ2v) is 6.10. The monoisotopic (exact) mass is 355 g/mol. The van der Waals surface area contributed by atoms with Crippen molar-refractivity contribution in [3.05, 3.63) is 62.8 Å². The minimum atomic E-state index is -0.304. The molecule has 0 bridgehead atoms. The largest absolute Gasteiger partial charge is 0.485 e. The summed E-state index contributed by atoms with van der Waals surface area (Å²) >= 11 is 9.11. The standard InChI is InChI=1S/C15H12BrClFNO/c16-11-3-1-8(5-12(11)18)15-7-13(19)10-6-9(17)2-4-14(10)20-15/h1-6,13,15H,7,19H2. The molecule has 0 aliphatic carbocycles. The molecule has 0 saturated heterocycles. The molecule has 20 heavy (non-hydrogen) atoms. The van der Waals surface area contributed by atoms with E-state index in [2.05, 4.69) is 15.9 Å². The molecular weight excluding hydrogens is 345 g/mol. The van der Waals surface area contributed by atoms with Crippen LogP contribution in [0, 0.1) is 5.82 Å². The van der Waals surface area contributed by atoms with Crippen molar-refractivity contribution >= 4 is 27.5 Å². The van der Waals surface area contributed by atoms with E-state index in [9.17, 15) is 4.39 Å². The Bertz CT molecular complexity index is 664. The van der Waals surface area contributed by atoms with E-state index in [1.165, 1.54) is 6.07 Å². The highest BCUT2D eigenvalue weighted by Gasteiger charge is 2.27. The fourth-order valence-electron chi connectivity index (χ4n) is 2.39. The summed E-state index contributed by atoms with van der Waals surface area (Å²) in [4.78, 5) is 0. The van der Waals surface area contributed by atoms with Gasteiger partial charge >= 0.3 is 0 Å². The van der Waals surface area contributed by atoms with Gasteiger partial charge in [-0.05, 0) is 51.8 Å². The third-order valence-electron chi connectivity index (χ3n) is 3.42. The van der Waals surface area contributed by atoms with Crippen molar-refractivity contribution in [3.8, 4) is 5.75 Å². The molecule has 2 unspecified atom stereocenters. The maximum Gasteiger partial charge on any atom is 0.137 e. The summed E-state index contributed by atoms with van der Waals surface area (Å²) in [5, 5.41) is 0.635. The lowest BCUT2D eigenvalue weighted by Gasteiger charge is -2.30. The molecule has 1 aliphatic rings. The predicted octanol–water partition coefficient (Wildman–Crippen LogP) is 4.77. The molecular formula is C15H12BrClFNO. The second kappa shape index (κ2) is 5.35. The molecule has 1 heterocycles. The molecule has 0 spiro atoms. The van der Waals surface area contributed by atoms with Gasteiger partial charge in [0.1, 0.15) is 17.7 Å². The highest BCUT2D eigenvalue weighted by atomic mass is 79.9. The minimum Gasteiger partial charge on any atom is -0.485 e. The van der Waals surface area contributed by atoms with Crippen LogP contribution < -0.4 is 10.5 Å². The Morgan fingerprint density at radius 1 is 1.25 bits per heavy atom. The van der Waals surface area contributed by atoms with E-state index in [1.807, 2.05) is 12.1 Å². The summed E-state index contributed by atoms with van der Waals surface area (Å²) in [6.45, 7) is 0. The van der Waals surface area contributed by atoms with Gasteiger partial charge in [-0.2, -0.15) is 0 Å². The normalized spacial score (nSPS) is 21.2. The maximum atomic E-state index is 13.6. The quantitative estimate of drug-likeness (QED) is 0.799. The van der Waals surface area contributed by atoms with Crippen LogP contribution in [0.15, 0.2) is 40.9 Å². The summed E-state index contributed by atoms with van der Waals surface area (Å²) in [5.74, 6) is 0.406. The molecule has 2 aromatic carbocycles. The molecule has 0 amide bonds. The van der Waals surface area contributed by atoms with Crippen LogP contribution in [-0.4, -0.2) is 0 Å². The van der Waals surface area contributed by atoms with Crippen LogP contribution in [0.1, 0.15) is 29.7 Å². The number of fused-ring (bicyclic) bond motifs is 1. The zero-order chi connectivity index (χ0) is 14.3. The van der Waals surface area contributed by atoms with Crippen molar-refractivity contribution in [1.29, 1.82) is 0 Å². The van der Waals surface area contributed by atoms with E-state index in [1.54, 1.807) is 18.2 Å². The van der Waals surface area contributed by atoms with Crippen molar-refractivity contribution < 1.29 is 9.13 Å². The zero-order valence-corrected chi connectivity index (χ0v) is 12.8. The van der Waals surface area contributed by atoms with Crippen molar-refractivity contribution in [3.63, 3.8) is 0 Å². The van der Waals surface area contributed by atoms with Crippen molar-refractivity contribution in [2.75, 3.05) is 0 Å². The van der Waals surface area contributed by atoms with Gasteiger partial charge in [-0.3, -0.25) is 0 Å². The number of rotatable bonds is 1. The fraction of sp³-hybridized carbons (Fsp3) is 0.200. The molecule has 2 nitrogen and oxygen atoms in total. The Morgan fingerprint density at radius 3 is 2.80 bits per heavy atom. The molecule has 0 saturated carbocycles. The van der Waals surface area contributed by atoms with Crippen LogP contribution in [0.5, 0.6) is 5.75 Å². The SMILES string of the molecule is NC1CC(c2ccc(Br)c(F)c2)Oc2ccc(Cl)cc21. The molecule has 1 aliphatic heterocycles. The number of hydrogen-bond donors (Lipinski definition) is 1. The lowest BCUT2D eigenvalue weighted by Crippen LogP contribution is -2.24. The third-order valence-corrected chi connectivity index (χ3v) is 4.30. The average Bonchev–Trinajstić information content (AvgIpc) is 2.42. The molecule has 3 rings (SSSR count). The zero-order valence-electron chi connectivity index (χ0n) is 10.4. The van der Waals surface area contributed by atoms with Gasteiger partial charge in [0.2, 0.25) is 0 Å². The van der Waals surface area contributed by atoms with Crippen molar-refractivity contribution in [2.45, 2.75) is 18.6 Å². The second-order valence-electron chi connectivity index (χ2n) is 4.80. The van der Waals surface area contributed by atoms with E-state index in [0.717, 1.165) is 11.1 Å². The molecule has 2 atom stereocenters. The van der Waals surface area contributed by atoms with E-state index < -0.39 is 0 Å². The average molecular weight is 357 g/mol. The van der Waals surface area contributed by atoms with Crippen LogP contribution in [-0.2, 0) is 0 Å². The lowest BCUT2D eigenvalue weighted by molar-refractivity contribution is 0.161. The first-order valence-electron chi connectivity index (χ1n) is 6.21. The Kier molecular flexibility index (Phi) is 3.71. The Morgan fingerprint density at radius 2 is 2.05 bits per heavy atom. The van der Waals surface area contributed by atoms with Gasteiger partial charge in [0.05, 0.1) is 4.47 Å². The molecule has 0 radical (unpaired) electrons. The van der Waals surface area contributed by atoms with Crippen molar-refractivity contribution in [2.24, 2.45) is 5.73 Å². The first kappa shape index (κ1) is 13.9. The van der Waals surface area contributed by atoms with Gasteiger partial charge < -0.3 is 10.5 Å². The van der Waals surface area contributed by atoms with Crippen LogP contribution in [0.4, 0.5) is 4.39 Å². The molecule has 5 heteroatoms. The Balaban J connectivity index is 1.94. The number of benzene rings is 2. The highest BCUT2D eigenvalue weighted by molar-refractivity contribution is 9.10. The predicted molar refractivity (Wildman–Crippen MR) is 80.5 cm³/mol. The third kappa shape index (κ3) is 2.55. The molecule has 2 aromatic rings. The smallest absolute Gasteiger partial charge is 0.137 e. The van der Waals surface area contributed by atoms with E-state index >= 15 is 0 Å². The lowest BCUT2D eigenvalue weighted by atomic mass is 9.93. The Labute approximate surface area is 129 Å². The van der Waals surface area contributed by atoms with Gasteiger partial charge in [-0.1, -0.05) is 17.7 Å². The fourth-order valence-corrected chi connectivity index (χ4v) is 2.82. The number of ether oxygens (including phenoxy) is 1. The molecule has 2 N–H and O–H groups in total. The summed E-state index contributed by atoms with van der Waals surface area (Å²) in [6.07, 6.45) is 0.343. The van der Waals surface area contributed by atoms with Gasteiger partial charge in [0.15, 0.2) is 0 Å². The number of halogens is 3. The molecule has 0 aromatic heterocycles. The highest BCUT2D eigenvalue weighted by Crippen LogP contribution is 2.41. The van der Waals surface area contributed by atoms with Gasteiger partial charge in [0, 0.05) is 23.0 Å². The van der Waals surface area contributed by atoms with Crippen LogP contribution >= 0.6 is 27.5 Å². The van der Waals surface area contributed by atoms with Crippen LogP contribution in [0.2, 0.25) is 5.02 Å². The minimum absolute atomic E-state index is 0.172.